The van der Waals surface area contributed by atoms with Crippen molar-refractivity contribution in [1.82, 2.24) is 15.3 Å². The fourth-order valence-electron chi connectivity index (χ4n) is 2.53. The van der Waals surface area contributed by atoms with Crippen LogP contribution in [0.2, 0.25) is 0 Å². The summed E-state index contributed by atoms with van der Waals surface area (Å²) in [5.74, 6) is 1.86. The molecule has 0 amide bonds. The lowest BCUT2D eigenvalue weighted by atomic mass is 9.93. The molecule has 0 radical (unpaired) electrons. The molecule has 0 aliphatic carbocycles. The zero-order valence-corrected chi connectivity index (χ0v) is 12.1. The number of aromatic nitrogens is 2. The molecule has 1 aliphatic rings. The Labute approximate surface area is 113 Å². The largest absolute Gasteiger partial charge is 0.480 e. The molecule has 1 saturated heterocycles. The minimum absolute atomic E-state index is 0.180. The lowest BCUT2D eigenvalue weighted by molar-refractivity contribution is 0.356. The Balaban J connectivity index is 2.34. The first-order valence-corrected chi connectivity index (χ1v) is 7.42. The van der Waals surface area contributed by atoms with Crippen molar-refractivity contribution < 1.29 is 4.74 Å². The quantitative estimate of drug-likeness (QED) is 0.888. The first-order chi connectivity index (χ1) is 8.71. The standard InChI is InChI=1S/C13H21N3OS/c1-4-14-11(13(2)6-5-9-18-13)10-12(17-3)16-8-7-15-10/h7-8,11,14H,4-6,9H2,1-3H3. The van der Waals surface area contributed by atoms with Crippen molar-refractivity contribution >= 4 is 11.8 Å². The van der Waals surface area contributed by atoms with Crippen molar-refractivity contribution in [3.05, 3.63) is 18.1 Å². The van der Waals surface area contributed by atoms with Crippen molar-refractivity contribution in [3.8, 4) is 5.88 Å². The fourth-order valence-corrected chi connectivity index (χ4v) is 3.93. The molecule has 1 aromatic heterocycles. The number of hydrogen-bond acceptors (Lipinski definition) is 5. The predicted octanol–water partition coefficient (Wildman–Crippen LogP) is 2.42. The molecule has 5 heteroatoms. The number of hydrogen-bond donors (Lipinski definition) is 1. The lowest BCUT2D eigenvalue weighted by Crippen LogP contribution is -2.38. The minimum atomic E-state index is 0.180. The average molecular weight is 267 g/mol. The van der Waals surface area contributed by atoms with E-state index in [9.17, 15) is 0 Å². The van der Waals surface area contributed by atoms with Crippen LogP contribution in [0, 0.1) is 0 Å². The average Bonchev–Trinajstić information content (AvgIpc) is 2.84. The number of methoxy groups -OCH3 is 1. The van der Waals surface area contributed by atoms with Gasteiger partial charge in [-0.25, -0.2) is 4.98 Å². The summed E-state index contributed by atoms with van der Waals surface area (Å²) in [6.45, 7) is 5.35. The second kappa shape index (κ2) is 5.89. The Morgan fingerprint density at radius 2 is 2.28 bits per heavy atom. The van der Waals surface area contributed by atoms with E-state index in [0.29, 0.717) is 5.88 Å². The molecule has 1 N–H and O–H groups in total. The number of ether oxygens (including phenoxy) is 1. The highest BCUT2D eigenvalue weighted by Gasteiger charge is 2.40. The van der Waals surface area contributed by atoms with Crippen LogP contribution in [0.4, 0.5) is 0 Å². The van der Waals surface area contributed by atoms with Crippen molar-refractivity contribution in [1.29, 1.82) is 0 Å². The van der Waals surface area contributed by atoms with Gasteiger partial charge in [-0.1, -0.05) is 6.92 Å². The number of rotatable bonds is 5. The van der Waals surface area contributed by atoms with Gasteiger partial charge in [0.1, 0.15) is 5.69 Å². The van der Waals surface area contributed by atoms with Crippen LogP contribution < -0.4 is 10.1 Å². The second-order valence-corrected chi connectivity index (χ2v) is 6.34. The van der Waals surface area contributed by atoms with Gasteiger partial charge >= 0.3 is 0 Å². The van der Waals surface area contributed by atoms with Crippen molar-refractivity contribution in [2.75, 3.05) is 19.4 Å². The lowest BCUT2D eigenvalue weighted by Gasteiger charge is -2.33. The van der Waals surface area contributed by atoms with Crippen LogP contribution in [0.1, 0.15) is 38.4 Å². The molecule has 18 heavy (non-hydrogen) atoms. The monoisotopic (exact) mass is 267 g/mol. The Hall–Kier alpha value is -0.810. The third-order valence-corrected chi connectivity index (χ3v) is 5.02. The van der Waals surface area contributed by atoms with Gasteiger partial charge in [-0.05, 0) is 32.1 Å². The van der Waals surface area contributed by atoms with Gasteiger partial charge in [-0.2, -0.15) is 11.8 Å². The van der Waals surface area contributed by atoms with E-state index < -0.39 is 0 Å². The van der Waals surface area contributed by atoms with E-state index in [1.165, 1.54) is 18.6 Å². The molecule has 100 valence electrons. The molecule has 1 aliphatic heterocycles. The van der Waals surface area contributed by atoms with Crippen molar-refractivity contribution in [2.24, 2.45) is 0 Å². The highest BCUT2D eigenvalue weighted by Crippen LogP contribution is 2.47. The summed E-state index contributed by atoms with van der Waals surface area (Å²) < 4.78 is 5.53. The fraction of sp³-hybridized carbons (Fsp3) is 0.692. The van der Waals surface area contributed by atoms with Gasteiger partial charge in [0.15, 0.2) is 0 Å². The first-order valence-electron chi connectivity index (χ1n) is 6.43. The molecule has 0 saturated carbocycles. The van der Waals surface area contributed by atoms with E-state index in [4.69, 9.17) is 4.74 Å². The number of nitrogens with one attached hydrogen (secondary N) is 1. The van der Waals surface area contributed by atoms with Crippen molar-refractivity contribution in [2.45, 2.75) is 37.5 Å². The van der Waals surface area contributed by atoms with Gasteiger partial charge in [-0.3, -0.25) is 4.98 Å². The third-order valence-electron chi connectivity index (χ3n) is 3.43. The van der Waals surface area contributed by atoms with Gasteiger partial charge in [0.05, 0.1) is 13.2 Å². The summed E-state index contributed by atoms with van der Waals surface area (Å²) in [6, 6.07) is 0.193. The van der Waals surface area contributed by atoms with Crippen LogP contribution in [0.3, 0.4) is 0 Å². The molecule has 1 fully saturated rings. The summed E-state index contributed by atoms with van der Waals surface area (Å²) in [5, 5.41) is 3.55. The molecule has 0 bridgehead atoms. The maximum atomic E-state index is 5.35. The highest BCUT2D eigenvalue weighted by molar-refractivity contribution is 8.00. The second-order valence-electron chi connectivity index (χ2n) is 4.71. The minimum Gasteiger partial charge on any atom is -0.480 e. The van der Waals surface area contributed by atoms with Gasteiger partial charge < -0.3 is 10.1 Å². The van der Waals surface area contributed by atoms with Crippen LogP contribution in [-0.2, 0) is 0 Å². The summed E-state index contributed by atoms with van der Waals surface area (Å²) in [5.41, 5.74) is 0.929. The molecule has 1 aromatic rings. The van der Waals surface area contributed by atoms with Gasteiger partial charge in [0, 0.05) is 17.1 Å². The van der Waals surface area contributed by atoms with Crippen LogP contribution in [-0.4, -0.2) is 34.1 Å². The summed E-state index contributed by atoms with van der Waals surface area (Å²) in [7, 11) is 1.65. The van der Waals surface area contributed by atoms with Crippen LogP contribution >= 0.6 is 11.8 Å². The van der Waals surface area contributed by atoms with E-state index in [-0.39, 0.29) is 10.8 Å². The van der Waals surface area contributed by atoms with Gasteiger partial charge in [-0.15, -0.1) is 0 Å². The van der Waals surface area contributed by atoms with Crippen LogP contribution in [0.5, 0.6) is 5.88 Å². The molecule has 0 spiro atoms. The molecular formula is C13H21N3OS. The number of thioether (sulfide) groups is 1. The molecule has 2 unspecified atom stereocenters. The first kappa shape index (κ1) is 13.6. The highest BCUT2D eigenvalue weighted by atomic mass is 32.2. The van der Waals surface area contributed by atoms with E-state index in [0.717, 1.165) is 12.2 Å². The summed E-state index contributed by atoms with van der Waals surface area (Å²) in [6.07, 6.45) is 5.89. The van der Waals surface area contributed by atoms with E-state index in [1.54, 1.807) is 19.5 Å². The van der Waals surface area contributed by atoms with Crippen molar-refractivity contribution in [3.63, 3.8) is 0 Å². The van der Waals surface area contributed by atoms with Crippen LogP contribution in [0.15, 0.2) is 12.4 Å². The molecule has 2 rings (SSSR count). The third kappa shape index (κ3) is 2.62. The normalized spacial score (nSPS) is 25.1. The molecule has 4 nitrogen and oxygen atoms in total. The molecule has 0 aromatic carbocycles. The van der Waals surface area contributed by atoms with E-state index in [2.05, 4.69) is 29.1 Å². The Kier molecular flexibility index (Phi) is 4.45. The summed E-state index contributed by atoms with van der Waals surface area (Å²) >= 11 is 2.02. The molecule has 2 atom stereocenters. The zero-order valence-electron chi connectivity index (χ0n) is 11.3. The molecular weight excluding hydrogens is 246 g/mol. The van der Waals surface area contributed by atoms with E-state index >= 15 is 0 Å². The Morgan fingerprint density at radius 3 is 2.89 bits per heavy atom. The van der Waals surface area contributed by atoms with Gasteiger partial charge in [0.2, 0.25) is 5.88 Å². The van der Waals surface area contributed by atoms with Gasteiger partial charge in [0.25, 0.3) is 0 Å². The maximum absolute atomic E-state index is 5.35. The zero-order chi connectivity index (χ0) is 13.0. The SMILES string of the molecule is CCNC(c1nccnc1OC)C1(C)CCCS1. The maximum Gasteiger partial charge on any atom is 0.237 e. The number of nitrogens with zero attached hydrogens (tertiary/aromatic N) is 2. The smallest absolute Gasteiger partial charge is 0.237 e. The van der Waals surface area contributed by atoms with E-state index in [1.807, 2.05) is 11.8 Å². The van der Waals surface area contributed by atoms with Crippen LogP contribution in [0.25, 0.3) is 0 Å². The topological polar surface area (TPSA) is 47.0 Å². The summed E-state index contributed by atoms with van der Waals surface area (Å²) in [4.78, 5) is 8.76. The predicted molar refractivity (Wildman–Crippen MR) is 75.1 cm³/mol. The Morgan fingerprint density at radius 1 is 1.50 bits per heavy atom. The Bertz CT molecular complexity index is 394. The molecule has 2 heterocycles.